The van der Waals surface area contributed by atoms with Gasteiger partial charge in [0, 0.05) is 20.7 Å². The zero-order valence-corrected chi connectivity index (χ0v) is 13.6. The molecule has 2 aromatic rings. The number of pyridine rings is 1. The zero-order valence-electron chi connectivity index (χ0n) is 10.4. The lowest BCUT2D eigenvalue weighted by molar-refractivity contribution is 0.335. The van der Waals surface area contributed by atoms with Crippen LogP contribution in [0.3, 0.4) is 0 Å². The van der Waals surface area contributed by atoms with Gasteiger partial charge in [0.05, 0.1) is 18.3 Å². The lowest BCUT2D eigenvalue weighted by Gasteiger charge is -2.17. The maximum Gasteiger partial charge on any atom is 0.124 e. The van der Waals surface area contributed by atoms with Gasteiger partial charge < -0.3 is 10.5 Å². The molecule has 1 heterocycles. The van der Waals surface area contributed by atoms with Gasteiger partial charge in [0.15, 0.2) is 0 Å². The Bertz CT molecular complexity index is 575. The molecular weight excluding hydrogens is 372 g/mol. The molecule has 0 amide bonds. The molecule has 0 spiro atoms. The van der Waals surface area contributed by atoms with Gasteiger partial charge in [0.1, 0.15) is 5.75 Å². The molecule has 0 radical (unpaired) electrons. The Morgan fingerprint density at radius 1 is 1.32 bits per heavy atom. The minimum absolute atomic E-state index is 0.328. The molecule has 2 N–H and O–H groups in total. The summed E-state index contributed by atoms with van der Waals surface area (Å²) in [5.41, 5.74) is 8.03. The molecule has 0 aliphatic carbocycles. The molecule has 100 valence electrons. The van der Waals surface area contributed by atoms with Crippen molar-refractivity contribution < 1.29 is 4.74 Å². The first-order chi connectivity index (χ1) is 9.13. The lowest BCUT2D eigenvalue weighted by atomic mass is 10.0. The van der Waals surface area contributed by atoms with E-state index in [0.717, 1.165) is 26.0 Å². The number of benzene rings is 1. The Kier molecular flexibility index (Phi) is 4.96. The minimum atomic E-state index is -0.328. The van der Waals surface area contributed by atoms with Crippen molar-refractivity contribution >= 4 is 31.9 Å². The van der Waals surface area contributed by atoms with Gasteiger partial charge in [0.2, 0.25) is 0 Å². The van der Waals surface area contributed by atoms with E-state index >= 15 is 0 Å². The van der Waals surface area contributed by atoms with Crippen LogP contribution in [0.2, 0.25) is 0 Å². The van der Waals surface area contributed by atoms with E-state index < -0.39 is 0 Å². The largest absolute Gasteiger partial charge is 0.494 e. The van der Waals surface area contributed by atoms with Crippen molar-refractivity contribution in [3.05, 3.63) is 56.7 Å². The van der Waals surface area contributed by atoms with Crippen LogP contribution in [-0.2, 0) is 0 Å². The van der Waals surface area contributed by atoms with E-state index in [0.29, 0.717) is 6.61 Å². The van der Waals surface area contributed by atoms with Gasteiger partial charge in [-0.3, -0.25) is 4.98 Å². The summed E-state index contributed by atoms with van der Waals surface area (Å²) < 4.78 is 7.40. The fourth-order valence-corrected chi connectivity index (χ4v) is 3.06. The third kappa shape index (κ3) is 3.35. The number of rotatable bonds is 4. The molecule has 1 atom stereocenters. The second-order valence-corrected chi connectivity index (χ2v) is 5.74. The number of ether oxygens (including phenoxy) is 1. The van der Waals surface area contributed by atoms with E-state index in [1.54, 1.807) is 6.20 Å². The van der Waals surface area contributed by atoms with Gasteiger partial charge in [-0.15, -0.1) is 0 Å². The minimum Gasteiger partial charge on any atom is -0.494 e. The first-order valence-electron chi connectivity index (χ1n) is 5.91. The van der Waals surface area contributed by atoms with E-state index in [4.69, 9.17) is 10.5 Å². The number of hydrogen-bond acceptors (Lipinski definition) is 3. The number of para-hydroxylation sites is 1. The number of hydrogen-bond donors (Lipinski definition) is 1. The second-order valence-electron chi connectivity index (χ2n) is 3.97. The highest BCUT2D eigenvalue weighted by atomic mass is 79.9. The van der Waals surface area contributed by atoms with Crippen LogP contribution in [0.15, 0.2) is 45.5 Å². The Hall–Kier alpha value is -0.910. The van der Waals surface area contributed by atoms with Crippen LogP contribution in [0.5, 0.6) is 5.75 Å². The van der Waals surface area contributed by atoms with Crippen molar-refractivity contribution in [1.82, 2.24) is 4.98 Å². The van der Waals surface area contributed by atoms with Crippen molar-refractivity contribution in [1.29, 1.82) is 0 Å². The summed E-state index contributed by atoms with van der Waals surface area (Å²) in [6.07, 6.45) is 1.74. The van der Waals surface area contributed by atoms with Crippen LogP contribution in [-0.4, -0.2) is 11.6 Å². The SMILES string of the molecule is CCOc1ccccc1C(N)c1ncc(Br)cc1Br. The molecule has 0 saturated carbocycles. The number of nitrogens with zero attached hydrogens (tertiary/aromatic N) is 1. The molecule has 0 aliphatic rings. The summed E-state index contributed by atoms with van der Waals surface area (Å²) in [6, 6.07) is 9.38. The van der Waals surface area contributed by atoms with Crippen molar-refractivity contribution in [3.8, 4) is 5.75 Å². The number of nitrogens with two attached hydrogens (primary N) is 1. The molecule has 0 fully saturated rings. The molecule has 3 nitrogen and oxygen atoms in total. The van der Waals surface area contributed by atoms with Gasteiger partial charge in [0.25, 0.3) is 0 Å². The molecule has 1 unspecified atom stereocenters. The first kappa shape index (κ1) is 14.5. The summed E-state index contributed by atoms with van der Waals surface area (Å²) >= 11 is 6.88. The zero-order chi connectivity index (χ0) is 13.8. The smallest absolute Gasteiger partial charge is 0.124 e. The molecule has 19 heavy (non-hydrogen) atoms. The molecule has 0 saturated heterocycles. The molecule has 1 aromatic heterocycles. The molecule has 1 aromatic carbocycles. The third-order valence-electron chi connectivity index (χ3n) is 2.68. The van der Waals surface area contributed by atoms with Crippen LogP contribution < -0.4 is 10.5 Å². The van der Waals surface area contributed by atoms with Crippen LogP contribution in [0, 0.1) is 0 Å². The van der Waals surface area contributed by atoms with Gasteiger partial charge in [-0.05, 0) is 50.9 Å². The Morgan fingerprint density at radius 3 is 2.74 bits per heavy atom. The van der Waals surface area contributed by atoms with E-state index in [-0.39, 0.29) is 6.04 Å². The van der Waals surface area contributed by atoms with Gasteiger partial charge in [-0.25, -0.2) is 0 Å². The van der Waals surface area contributed by atoms with Crippen LogP contribution in [0.1, 0.15) is 24.2 Å². The topological polar surface area (TPSA) is 48.1 Å². The summed E-state index contributed by atoms with van der Waals surface area (Å²) in [5, 5.41) is 0. The van der Waals surface area contributed by atoms with Gasteiger partial charge >= 0.3 is 0 Å². The predicted molar refractivity (Wildman–Crippen MR) is 83.3 cm³/mol. The standard InChI is InChI=1S/C14H14Br2N2O/c1-2-19-12-6-4-3-5-10(12)13(17)14-11(16)7-9(15)8-18-14/h3-8,13H,2,17H2,1H3. The number of aromatic nitrogens is 1. The normalized spacial score (nSPS) is 12.2. The van der Waals surface area contributed by atoms with Crippen molar-refractivity contribution in [2.24, 2.45) is 5.73 Å². The molecular formula is C14H14Br2N2O. The number of halogens is 2. The summed E-state index contributed by atoms with van der Waals surface area (Å²) in [7, 11) is 0. The van der Waals surface area contributed by atoms with Crippen LogP contribution in [0.25, 0.3) is 0 Å². The summed E-state index contributed by atoms with van der Waals surface area (Å²) in [6.45, 7) is 2.56. The third-order valence-corrected chi connectivity index (χ3v) is 3.75. The highest BCUT2D eigenvalue weighted by Crippen LogP contribution is 2.31. The van der Waals surface area contributed by atoms with E-state index in [1.165, 1.54) is 0 Å². The molecule has 0 bridgehead atoms. The Balaban J connectivity index is 2.41. The molecule has 2 rings (SSSR count). The predicted octanol–water partition coefficient (Wildman–Crippen LogP) is 4.05. The van der Waals surface area contributed by atoms with Crippen molar-refractivity contribution in [2.45, 2.75) is 13.0 Å². The highest BCUT2D eigenvalue weighted by Gasteiger charge is 2.17. The lowest BCUT2D eigenvalue weighted by Crippen LogP contribution is -2.15. The fraction of sp³-hybridized carbons (Fsp3) is 0.214. The fourth-order valence-electron chi connectivity index (χ4n) is 1.83. The first-order valence-corrected chi connectivity index (χ1v) is 7.50. The Morgan fingerprint density at radius 2 is 2.05 bits per heavy atom. The van der Waals surface area contributed by atoms with E-state index in [9.17, 15) is 0 Å². The highest BCUT2D eigenvalue weighted by molar-refractivity contribution is 9.11. The maximum absolute atomic E-state index is 6.31. The van der Waals surface area contributed by atoms with Crippen molar-refractivity contribution in [2.75, 3.05) is 6.61 Å². The quantitative estimate of drug-likeness (QED) is 0.863. The Labute approximate surface area is 129 Å². The second kappa shape index (κ2) is 6.50. The van der Waals surface area contributed by atoms with Gasteiger partial charge in [-0.1, -0.05) is 18.2 Å². The summed E-state index contributed by atoms with van der Waals surface area (Å²) in [4.78, 5) is 4.38. The van der Waals surface area contributed by atoms with Crippen LogP contribution in [0.4, 0.5) is 0 Å². The van der Waals surface area contributed by atoms with Crippen molar-refractivity contribution in [3.63, 3.8) is 0 Å². The van der Waals surface area contributed by atoms with Gasteiger partial charge in [-0.2, -0.15) is 0 Å². The monoisotopic (exact) mass is 384 g/mol. The molecule has 0 aliphatic heterocycles. The average Bonchev–Trinajstić information content (AvgIpc) is 2.39. The van der Waals surface area contributed by atoms with E-state index in [1.807, 2.05) is 37.3 Å². The molecule has 5 heteroatoms. The summed E-state index contributed by atoms with van der Waals surface area (Å²) in [5.74, 6) is 0.800. The van der Waals surface area contributed by atoms with E-state index in [2.05, 4.69) is 36.8 Å². The average molecular weight is 386 g/mol. The van der Waals surface area contributed by atoms with Crippen LogP contribution >= 0.6 is 31.9 Å². The maximum atomic E-state index is 6.31.